The highest BCUT2D eigenvalue weighted by atomic mass is 32.1. The molecule has 2 aromatic rings. The number of thiazole rings is 1. The molecule has 1 aromatic carbocycles. The summed E-state index contributed by atoms with van der Waals surface area (Å²) in [5.41, 5.74) is 2.42. The minimum Gasteiger partial charge on any atom is -0.353 e. The zero-order valence-corrected chi connectivity index (χ0v) is 13.7. The number of hydrogen-bond donors (Lipinski definition) is 1. The summed E-state index contributed by atoms with van der Waals surface area (Å²) in [6.07, 6.45) is 4.30. The van der Waals surface area contributed by atoms with Crippen molar-refractivity contribution >= 4 is 32.6 Å². The molecule has 22 heavy (non-hydrogen) atoms. The maximum absolute atomic E-state index is 12.2. The maximum atomic E-state index is 12.2. The van der Waals surface area contributed by atoms with Crippen LogP contribution < -0.4 is 10.2 Å². The molecule has 0 radical (unpaired) electrons. The number of fused-ring (bicyclic) bond motifs is 1. The van der Waals surface area contributed by atoms with E-state index in [0.29, 0.717) is 6.04 Å². The van der Waals surface area contributed by atoms with Gasteiger partial charge in [0.25, 0.3) is 0 Å². The summed E-state index contributed by atoms with van der Waals surface area (Å²) >= 11 is 1.75. The smallest absolute Gasteiger partial charge is 0.225 e. The Bertz CT molecular complexity index is 707. The highest BCUT2D eigenvalue weighted by Gasteiger charge is 2.33. The molecule has 1 unspecified atom stereocenters. The van der Waals surface area contributed by atoms with Gasteiger partial charge in [-0.1, -0.05) is 24.3 Å². The molecule has 2 aliphatic rings. The van der Waals surface area contributed by atoms with Gasteiger partial charge in [0, 0.05) is 19.1 Å². The van der Waals surface area contributed by atoms with Crippen molar-refractivity contribution in [2.75, 3.05) is 18.0 Å². The van der Waals surface area contributed by atoms with E-state index in [2.05, 4.69) is 35.3 Å². The number of aromatic nitrogens is 1. The quantitative estimate of drug-likeness (QED) is 0.943. The number of hydrogen-bond acceptors (Lipinski definition) is 4. The second kappa shape index (κ2) is 5.54. The lowest BCUT2D eigenvalue weighted by Crippen LogP contribution is -2.34. The van der Waals surface area contributed by atoms with Gasteiger partial charge >= 0.3 is 0 Å². The molecule has 4 nitrogen and oxygen atoms in total. The molecular weight excluding hydrogens is 294 g/mol. The van der Waals surface area contributed by atoms with Crippen LogP contribution >= 0.6 is 11.3 Å². The van der Waals surface area contributed by atoms with Crippen LogP contribution in [0.15, 0.2) is 18.2 Å². The van der Waals surface area contributed by atoms with E-state index in [1.807, 2.05) is 0 Å². The lowest BCUT2D eigenvalue weighted by molar-refractivity contribution is -0.124. The van der Waals surface area contributed by atoms with E-state index in [-0.39, 0.29) is 11.8 Å². The number of nitrogens with one attached hydrogen (secondary N) is 1. The predicted octanol–water partition coefficient (Wildman–Crippen LogP) is 2.96. The zero-order valence-electron chi connectivity index (χ0n) is 12.8. The summed E-state index contributed by atoms with van der Waals surface area (Å²) in [7, 11) is 0. The predicted molar refractivity (Wildman–Crippen MR) is 90.5 cm³/mol. The van der Waals surface area contributed by atoms with Gasteiger partial charge in [-0.2, -0.15) is 0 Å². The van der Waals surface area contributed by atoms with Crippen molar-refractivity contribution in [3.8, 4) is 0 Å². The maximum Gasteiger partial charge on any atom is 0.225 e. The Labute approximate surface area is 134 Å². The minimum absolute atomic E-state index is 0.124. The number of carbonyl (C=O) groups is 1. The number of carbonyl (C=O) groups excluding carboxylic acids is 1. The van der Waals surface area contributed by atoms with Crippen LogP contribution in [0.25, 0.3) is 10.2 Å². The molecule has 1 saturated carbocycles. The van der Waals surface area contributed by atoms with E-state index in [1.54, 1.807) is 11.3 Å². The van der Waals surface area contributed by atoms with Gasteiger partial charge in [-0.05, 0) is 43.4 Å². The van der Waals surface area contributed by atoms with E-state index in [0.717, 1.165) is 49.4 Å². The SMILES string of the molecule is CCc1ccc2nc(N3CCC(C(=O)NC4CC4)C3)sc2c1. The number of amides is 1. The Hall–Kier alpha value is -1.62. The van der Waals surface area contributed by atoms with Gasteiger partial charge < -0.3 is 10.2 Å². The first-order valence-electron chi connectivity index (χ1n) is 8.17. The van der Waals surface area contributed by atoms with Crippen molar-refractivity contribution in [3.05, 3.63) is 23.8 Å². The molecular formula is C17H21N3OS. The molecule has 1 aliphatic heterocycles. The van der Waals surface area contributed by atoms with Gasteiger partial charge in [0.05, 0.1) is 16.1 Å². The second-order valence-electron chi connectivity index (χ2n) is 6.37. The highest BCUT2D eigenvalue weighted by Crippen LogP contribution is 2.33. The molecule has 116 valence electrons. The van der Waals surface area contributed by atoms with Crippen molar-refractivity contribution in [1.82, 2.24) is 10.3 Å². The van der Waals surface area contributed by atoms with Crippen LogP contribution in [0.5, 0.6) is 0 Å². The molecule has 4 rings (SSSR count). The molecule has 1 N–H and O–H groups in total. The molecule has 1 aliphatic carbocycles. The zero-order chi connectivity index (χ0) is 15.1. The fourth-order valence-electron chi connectivity index (χ4n) is 3.01. The number of benzene rings is 1. The van der Waals surface area contributed by atoms with Crippen LogP contribution in [-0.2, 0) is 11.2 Å². The van der Waals surface area contributed by atoms with Crippen molar-refractivity contribution in [1.29, 1.82) is 0 Å². The molecule has 0 spiro atoms. The van der Waals surface area contributed by atoms with Gasteiger partial charge in [-0.25, -0.2) is 4.98 Å². The number of nitrogens with zero attached hydrogens (tertiary/aromatic N) is 2. The van der Waals surface area contributed by atoms with Crippen LogP contribution in [0.3, 0.4) is 0 Å². The van der Waals surface area contributed by atoms with Crippen molar-refractivity contribution < 1.29 is 4.79 Å². The van der Waals surface area contributed by atoms with E-state index < -0.39 is 0 Å². The van der Waals surface area contributed by atoms with E-state index in [9.17, 15) is 4.79 Å². The summed E-state index contributed by atoms with van der Waals surface area (Å²) in [6.45, 7) is 3.91. The molecule has 1 atom stereocenters. The first-order valence-corrected chi connectivity index (χ1v) is 8.99. The third-order valence-corrected chi connectivity index (χ3v) is 5.68. The average Bonchev–Trinajstić information content (AvgIpc) is 3.06. The van der Waals surface area contributed by atoms with Crippen LogP contribution in [0.1, 0.15) is 31.7 Å². The summed E-state index contributed by atoms with van der Waals surface area (Å²) in [4.78, 5) is 19.2. The van der Waals surface area contributed by atoms with Crippen LogP contribution in [-0.4, -0.2) is 30.0 Å². The summed E-state index contributed by atoms with van der Waals surface area (Å²) in [5.74, 6) is 0.359. The topological polar surface area (TPSA) is 45.2 Å². The van der Waals surface area contributed by atoms with Crippen molar-refractivity contribution in [2.45, 2.75) is 38.6 Å². The van der Waals surface area contributed by atoms with Gasteiger partial charge in [0.2, 0.25) is 5.91 Å². The number of anilines is 1. The Kier molecular flexibility index (Phi) is 3.53. The summed E-state index contributed by atoms with van der Waals surface area (Å²) in [5, 5.41) is 4.19. The second-order valence-corrected chi connectivity index (χ2v) is 7.38. The molecule has 2 fully saturated rings. The highest BCUT2D eigenvalue weighted by molar-refractivity contribution is 7.22. The summed E-state index contributed by atoms with van der Waals surface area (Å²) < 4.78 is 1.25. The Morgan fingerprint density at radius 1 is 1.41 bits per heavy atom. The Balaban J connectivity index is 1.49. The first kappa shape index (κ1) is 14.0. The van der Waals surface area contributed by atoms with E-state index in [4.69, 9.17) is 4.98 Å². The number of aryl methyl sites for hydroxylation is 1. The first-order chi connectivity index (χ1) is 10.7. The molecule has 0 bridgehead atoms. The molecule has 5 heteroatoms. The summed E-state index contributed by atoms with van der Waals surface area (Å²) in [6, 6.07) is 6.96. The average molecular weight is 315 g/mol. The van der Waals surface area contributed by atoms with Crippen molar-refractivity contribution in [3.63, 3.8) is 0 Å². The lowest BCUT2D eigenvalue weighted by atomic mass is 10.1. The Morgan fingerprint density at radius 2 is 2.27 bits per heavy atom. The number of rotatable bonds is 4. The van der Waals surface area contributed by atoms with Gasteiger partial charge in [0.15, 0.2) is 5.13 Å². The third kappa shape index (κ3) is 2.70. The standard InChI is InChI=1S/C17H21N3OS/c1-2-11-3-6-14-15(9-11)22-17(19-14)20-8-7-12(10-20)16(21)18-13-4-5-13/h3,6,9,12-13H,2,4-5,7-8,10H2,1H3,(H,18,21). The molecule has 1 amide bonds. The van der Waals surface area contributed by atoms with Crippen LogP contribution in [0, 0.1) is 5.92 Å². The molecule has 2 heterocycles. The monoisotopic (exact) mass is 315 g/mol. The fourth-order valence-corrected chi connectivity index (χ4v) is 4.07. The van der Waals surface area contributed by atoms with Crippen LogP contribution in [0.2, 0.25) is 0 Å². The minimum atomic E-state index is 0.124. The fraction of sp³-hybridized carbons (Fsp3) is 0.529. The van der Waals surface area contributed by atoms with E-state index in [1.165, 1.54) is 10.3 Å². The third-order valence-electron chi connectivity index (χ3n) is 4.60. The largest absolute Gasteiger partial charge is 0.353 e. The van der Waals surface area contributed by atoms with Crippen molar-refractivity contribution in [2.24, 2.45) is 5.92 Å². The van der Waals surface area contributed by atoms with Gasteiger partial charge in [-0.15, -0.1) is 0 Å². The van der Waals surface area contributed by atoms with Crippen LogP contribution in [0.4, 0.5) is 5.13 Å². The molecule has 1 saturated heterocycles. The normalized spacial score (nSPS) is 21.5. The van der Waals surface area contributed by atoms with Gasteiger partial charge in [-0.3, -0.25) is 4.79 Å². The molecule has 1 aromatic heterocycles. The Morgan fingerprint density at radius 3 is 3.05 bits per heavy atom. The van der Waals surface area contributed by atoms with Gasteiger partial charge in [0.1, 0.15) is 0 Å². The van der Waals surface area contributed by atoms with E-state index >= 15 is 0 Å². The lowest BCUT2D eigenvalue weighted by Gasteiger charge is -2.14.